The first-order valence-corrected chi connectivity index (χ1v) is 16.3. The first-order chi connectivity index (χ1) is 21.3. The Morgan fingerprint density at radius 1 is 0.523 bits per heavy atom. The quantitative estimate of drug-likeness (QED) is 0.0602. The van der Waals surface area contributed by atoms with Gasteiger partial charge < -0.3 is 41.0 Å². The van der Waals surface area contributed by atoms with Crippen LogP contribution in [0.4, 0.5) is 0 Å². The molecule has 3 amide bonds. The molecule has 1 atom stereocenters. The largest absolute Gasteiger partial charge is 0.481 e. The highest BCUT2D eigenvalue weighted by Gasteiger charge is 2.13. The summed E-state index contributed by atoms with van der Waals surface area (Å²) in [6.45, 7) is 3.46. The monoisotopic (exact) mass is 630 g/mol. The number of ether oxygens (including phenoxy) is 2. The van der Waals surface area contributed by atoms with Crippen molar-refractivity contribution in [3.8, 4) is 0 Å². The van der Waals surface area contributed by atoms with Gasteiger partial charge in [0.1, 0.15) is 6.04 Å². The van der Waals surface area contributed by atoms with Crippen molar-refractivity contribution in [2.75, 3.05) is 53.1 Å². The highest BCUT2D eigenvalue weighted by atomic mass is 16.5. The Kier molecular flexibility index (Phi) is 28.4. The number of amides is 3. The number of likely N-dealkylation sites (N-methyl/N-ethyl adjacent to an activating group) is 1. The lowest BCUT2D eigenvalue weighted by Crippen LogP contribution is -2.34. The minimum Gasteiger partial charge on any atom is -0.481 e. The van der Waals surface area contributed by atoms with Crippen LogP contribution in [0.3, 0.4) is 0 Å². The van der Waals surface area contributed by atoms with Gasteiger partial charge in [0.05, 0.1) is 13.2 Å². The maximum absolute atomic E-state index is 11.9. The Labute approximate surface area is 263 Å². The van der Waals surface area contributed by atoms with Gasteiger partial charge in [0.2, 0.25) is 17.7 Å². The third-order valence-corrected chi connectivity index (χ3v) is 6.96. The van der Waals surface area contributed by atoms with Crippen molar-refractivity contribution in [1.29, 1.82) is 0 Å². The van der Waals surface area contributed by atoms with Crippen LogP contribution in [-0.2, 0) is 33.4 Å². The molecule has 44 heavy (non-hydrogen) atoms. The summed E-state index contributed by atoms with van der Waals surface area (Å²) < 4.78 is 11.0. The Morgan fingerprint density at radius 2 is 0.955 bits per heavy atom. The zero-order valence-electron chi connectivity index (χ0n) is 26.8. The van der Waals surface area contributed by atoms with E-state index in [0.717, 1.165) is 57.8 Å². The Bertz CT molecular complexity index is 783. The number of carboxylic acids is 2. The molecule has 13 nitrogen and oxygen atoms in total. The number of carbonyl (C=O) groups is 5. The van der Waals surface area contributed by atoms with Crippen LogP contribution in [0.1, 0.15) is 109 Å². The summed E-state index contributed by atoms with van der Waals surface area (Å²) in [4.78, 5) is 57.0. The lowest BCUT2D eigenvalue weighted by atomic mass is 10.1. The summed E-state index contributed by atoms with van der Waals surface area (Å²) in [7, 11) is 1.61. The van der Waals surface area contributed by atoms with Gasteiger partial charge in [0, 0.05) is 58.5 Å². The molecule has 0 saturated carbocycles. The van der Waals surface area contributed by atoms with Gasteiger partial charge in [-0.25, -0.2) is 0 Å². The summed E-state index contributed by atoms with van der Waals surface area (Å²) in [6, 6.07) is -0.579. The SMILES string of the molecule is CN[C@@H](CCCCNC(=O)CCC(=O)NCCCOCCOCCCNC(=O)CCCCCCCCCCC(=O)O)C(=O)O. The molecule has 0 aliphatic rings. The first kappa shape index (κ1) is 41.2. The van der Waals surface area contributed by atoms with Crippen LogP contribution in [0.2, 0.25) is 0 Å². The van der Waals surface area contributed by atoms with E-state index in [9.17, 15) is 24.0 Å². The molecule has 0 aliphatic heterocycles. The summed E-state index contributed by atoms with van der Waals surface area (Å²) in [5.41, 5.74) is 0. The molecule has 256 valence electrons. The molecular formula is C31H58N4O9. The molecule has 0 aromatic rings. The van der Waals surface area contributed by atoms with E-state index < -0.39 is 18.0 Å². The third-order valence-electron chi connectivity index (χ3n) is 6.96. The van der Waals surface area contributed by atoms with Crippen LogP contribution in [0, 0.1) is 0 Å². The van der Waals surface area contributed by atoms with Crippen molar-refractivity contribution in [2.24, 2.45) is 0 Å². The van der Waals surface area contributed by atoms with Gasteiger partial charge in [-0.05, 0) is 52.0 Å². The van der Waals surface area contributed by atoms with Crippen molar-refractivity contribution in [3.05, 3.63) is 0 Å². The van der Waals surface area contributed by atoms with E-state index in [-0.39, 0.29) is 37.0 Å². The van der Waals surface area contributed by atoms with Crippen molar-refractivity contribution < 1.29 is 43.7 Å². The van der Waals surface area contributed by atoms with Gasteiger partial charge in [0.25, 0.3) is 0 Å². The number of rotatable bonds is 32. The number of unbranched alkanes of at least 4 members (excludes halogenated alkanes) is 8. The molecule has 0 radical (unpaired) electrons. The molecule has 0 heterocycles. The van der Waals surface area contributed by atoms with Crippen LogP contribution in [0.15, 0.2) is 0 Å². The maximum Gasteiger partial charge on any atom is 0.320 e. The molecule has 0 aromatic carbocycles. The summed E-state index contributed by atoms with van der Waals surface area (Å²) in [6.07, 6.45) is 12.4. The molecule has 0 spiro atoms. The van der Waals surface area contributed by atoms with E-state index in [1.165, 1.54) is 0 Å². The van der Waals surface area contributed by atoms with Gasteiger partial charge >= 0.3 is 11.9 Å². The second-order valence-corrected chi connectivity index (χ2v) is 10.9. The maximum atomic E-state index is 11.9. The summed E-state index contributed by atoms with van der Waals surface area (Å²) in [5, 5.41) is 28.7. The van der Waals surface area contributed by atoms with E-state index in [0.29, 0.717) is 78.2 Å². The fourth-order valence-electron chi connectivity index (χ4n) is 4.33. The molecule has 6 N–H and O–H groups in total. The molecule has 13 heteroatoms. The molecule has 0 bridgehead atoms. The molecule has 0 rings (SSSR count). The van der Waals surface area contributed by atoms with Gasteiger partial charge in [-0.3, -0.25) is 24.0 Å². The molecule has 0 saturated heterocycles. The first-order valence-electron chi connectivity index (χ1n) is 16.3. The molecule has 0 unspecified atom stereocenters. The average Bonchev–Trinajstić information content (AvgIpc) is 2.98. The minimum absolute atomic E-state index is 0.0716. The van der Waals surface area contributed by atoms with Gasteiger partial charge in [-0.15, -0.1) is 0 Å². The van der Waals surface area contributed by atoms with Crippen LogP contribution in [0.5, 0.6) is 0 Å². The fraction of sp³-hybridized carbons (Fsp3) is 0.839. The average molecular weight is 631 g/mol. The number of hydrogen-bond acceptors (Lipinski definition) is 8. The van der Waals surface area contributed by atoms with Crippen molar-refractivity contribution in [3.63, 3.8) is 0 Å². The zero-order chi connectivity index (χ0) is 32.7. The lowest BCUT2D eigenvalue weighted by molar-refractivity contribution is -0.139. The zero-order valence-corrected chi connectivity index (χ0v) is 26.8. The van der Waals surface area contributed by atoms with Crippen LogP contribution in [-0.4, -0.2) is 99.0 Å². The number of carbonyl (C=O) groups excluding carboxylic acids is 3. The number of carboxylic acid groups (broad SMARTS) is 2. The second kappa shape index (κ2) is 30.3. The highest BCUT2D eigenvalue weighted by molar-refractivity contribution is 5.83. The Morgan fingerprint density at radius 3 is 1.41 bits per heavy atom. The number of aliphatic carboxylic acids is 2. The van der Waals surface area contributed by atoms with E-state index in [1.807, 2.05) is 0 Å². The van der Waals surface area contributed by atoms with Crippen LogP contribution in [0.25, 0.3) is 0 Å². The Balaban J connectivity index is 3.39. The topological polar surface area (TPSA) is 192 Å². The minimum atomic E-state index is -0.885. The normalized spacial score (nSPS) is 11.6. The third kappa shape index (κ3) is 29.3. The molecule has 0 fully saturated rings. The molecule has 0 aromatic heterocycles. The molecule has 0 aliphatic carbocycles. The van der Waals surface area contributed by atoms with Crippen molar-refractivity contribution in [2.45, 2.75) is 115 Å². The highest BCUT2D eigenvalue weighted by Crippen LogP contribution is 2.10. The standard InChI is InChI=1S/C31H58N4O9/c1-32-26(31(41)42)14-10-11-19-33-28(37)17-18-29(38)35-21-13-23-44-25-24-43-22-12-20-34-27(36)15-8-6-4-2-3-5-7-9-16-30(39)40/h26,32H,2-25H2,1H3,(H,33,37)(H,34,36)(H,35,38)(H,39,40)(H,41,42)/t26-/m0/s1. The van der Waals surface area contributed by atoms with Gasteiger partial charge in [-0.2, -0.15) is 0 Å². The van der Waals surface area contributed by atoms with E-state index in [1.54, 1.807) is 7.05 Å². The number of nitrogens with one attached hydrogen (secondary N) is 4. The summed E-state index contributed by atoms with van der Waals surface area (Å²) in [5.74, 6) is -1.92. The van der Waals surface area contributed by atoms with Crippen LogP contribution < -0.4 is 21.3 Å². The predicted molar refractivity (Wildman–Crippen MR) is 167 cm³/mol. The van der Waals surface area contributed by atoms with Gasteiger partial charge in [-0.1, -0.05) is 38.5 Å². The molecular weight excluding hydrogens is 572 g/mol. The van der Waals surface area contributed by atoms with E-state index in [2.05, 4.69) is 21.3 Å². The van der Waals surface area contributed by atoms with Crippen molar-refractivity contribution in [1.82, 2.24) is 21.3 Å². The number of hydrogen-bond donors (Lipinski definition) is 6. The predicted octanol–water partition coefficient (Wildman–Crippen LogP) is 2.76. The smallest absolute Gasteiger partial charge is 0.320 e. The van der Waals surface area contributed by atoms with E-state index in [4.69, 9.17) is 19.7 Å². The summed E-state index contributed by atoms with van der Waals surface area (Å²) >= 11 is 0. The second-order valence-electron chi connectivity index (χ2n) is 10.9. The lowest BCUT2D eigenvalue weighted by Gasteiger charge is -2.11. The fourth-order valence-corrected chi connectivity index (χ4v) is 4.33. The van der Waals surface area contributed by atoms with Crippen molar-refractivity contribution >= 4 is 29.7 Å². The van der Waals surface area contributed by atoms with Crippen LogP contribution >= 0.6 is 0 Å². The Hall–Kier alpha value is -2.77. The van der Waals surface area contributed by atoms with E-state index >= 15 is 0 Å². The van der Waals surface area contributed by atoms with Gasteiger partial charge in [0.15, 0.2) is 0 Å².